The number of carbonyl (C=O) groups is 1. The molecule has 3 aromatic rings. The summed E-state index contributed by atoms with van der Waals surface area (Å²) in [5.41, 5.74) is 3.26. The van der Waals surface area contributed by atoms with Crippen LogP contribution in [-0.4, -0.2) is 60.1 Å². The second kappa shape index (κ2) is 8.00. The number of amides is 1. The van der Waals surface area contributed by atoms with Crippen molar-refractivity contribution in [2.24, 2.45) is 0 Å². The summed E-state index contributed by atoms with van der Waals surface area (Å²) >= 11 is 0. The lowest BCUT2D eigenvalue weighted by Gasteiger charge is -2.34. The van der Waals surface area contributed by atoms with E-state index >= 15 is 0 Å². The minimum Gasteiger partial charge on any atom is -0.464 e. The van der Waals surface area contributed by atoms with Gasteiger partial charge in [0.25, 0.3) is 0 Å². The molecule has 1 amide bonds. The fraction of sp³-hybridized carbons (Fsp3) is 0.455. The van der Waals surface area contributed by atoms with Crippen molar-refractivity contribution in [3.8, 4) is 0 Å². The molecule has 7 heteroatoms. The average Bonchev–Trinajstić information content (AvgIpc) is 3.07. The molecule has 0 bridgehead atoms. The summed E-state index contributed by atoms with van der Waals surface area (Å²) in [5.74, 6) is 0.0497. The van der Waals surface area contributed by atoms with E-state index in [9.17, 15) is 9.59 Å². The van der Waals surface area contributed by atoms with Crippen LogP contribution in [0.2, 0.25) is 0 Å². The van der Waals surface area contributed by atoms with Gasteiger partial charge in [-0.15, -0.1) is 0 Å². The van der Waals surface area contributed by atoms with Crippen LogP contribution in [0.5, 0.6) is 0 Å². The Labute approximate surface area is 168 Å². The van der Waals surface area contributed by atoms with Gasteiger partial charge in [0.15, 0.2) is 0 Å². The zero-order chi connectivity index (χ0) is 20.5. The molecule has 0 radical (unpaired) electrons. The first-order valence-electron chi connectivity index (χ1n) is 10.0. The fourth-order valence-electron chi connectivity index (χ4n) is 4.08. The summed E-state index contributed by atoms with van der Waals surface area (Å²) in [5, 5.41) is 10.9. The number of aryl methyl sites for hydroxylation is 2. The molecule has 1 aliphatic rings. The molecule has 3 heterocycles. The van der Waals surface area contributed by atoms with Gasteiger partial charge in [-0.3, -0.25) is 9.69 Å². The van der Waals surface area contributed by atoms with Crippen LogP contribution in [0.4, 0.5) is 0 Å². The molecular formula is C22H26N2O5. The number of piperazine rings is 1. The van der Waals surface area contributed by atoms with Gasteiger partial charge in [-0.2, -0.15) is 0 Å². The largest absolute Gasteiger partial charge is 0.464 e. The molecule has 0 spiro atoms. The number of aliphatic hydroxyl groups excluding tert-OH is 1. The van der Waals surface area contributed by atoms with E-state index in [1.807, 2.05) is 24.8 Å². The van der Waals surface area contributed by atoms with Crippen LogP contribution in [0.25, 0.3) is 21.9 Å². The highest BCUT2D eigenvalue weighted by molar-refractivity contribution is 5.96. The topological polar surface area (TPSA) is 87.1 Å². The number of carbonyl (C=O) groups excluding carboxylic acids is 1. The van der Waals surface area contributed by atoms with Crippen molar-refractivity contribution in [1.82, 2.24) is 9.80 Å². The van der Waals surface area contributed by atoms with Gasteiger partial charge in [-0.05, 0) is 37.5 Å². The summed E-state index contributed by atoms with van der Waals surface area (Å²) < 4.78 is 11.0. The standard InChI is InChI=1S/C22H26N2O5/c1-14-13-28-19-12-20-18(11-17(14)19)15(2)16(22(27)29-20)3-4-21(26)24-7-5-23(6-8-24)9-10-25/h11-13,25H,3-10H2,1-2H3. The molecule has 2 aromatic heterocycles. The SMILES string of the molecule is Cc1coc2cc3oc(=O)c(CCC(=O)N4CCN(CCO)CC4)c(C)c3cc12. The molecule has 1 aromatic carbocycles. The monoisotopic (exact) mass is 398 g/mol. The predicted molar refractivity (Wildman–Crippen MR) is 110 cm³/mol. The Morgan fingerprint density at radius 3 is 2.59 bits per heavy atom. The van der Waals surface area contributed by atoms with Gasteiger partial charge in [0.1, 0.15) is 11.2 Å². The first-order valence-corrected chi connectivity index (χ1v) is 10.0. The van der Waals surface area contributed by atoms with E-state index in [2.05, 4.69) is 4.90 Å². The number of hydrogen-bond donors (Lipinski definition) is 1. The second-order valence-corrected chi connectivity index (χ2v) is 7.70. The van der Waals surface area contributed by atoms with Crippen LogP contribution in [0, 0.1) is 13.8 Å². The van der Waals surface area contributed by atoms with Crippen LogP contribution in [-0.2, 0) is 11.2 Å². The van der Waals surface area contributed by atoms with Crippen molar-refractivity contribution in [2.45, 2.75) is 26.7 Å². The number of furan rings is 1. The number of β-amino-alcohol motifs (C(OH)–C–C–N with tert-alkyl or cyclic N) is 1. The third kappa shape index (κ3) is 3.80. The van der Waals surface area contributed by atoms with Crippen molar-refractivity contribution < 1.29 is 18.7 Å². The number of benzene rings is 1. The number of aliphatic hydroxyl groups is 1. The molecule has 1 aliphatic heterocycles. The molecule has 4 rings (SSSR count). The third-order valence-electron chi connectivity index (χ3n) is 5.91. The van der Waals surface area contributed by atoms with Gasteiger partial charge in [0.05, 0.1) is 12.9 Å². The van der Waals surface area contributed by atoms with E-state index in [0.29, 0.717) is 42.8 Å². The van der Waals surface area contributed by atoms with Gasteiger partial charge in [0, 0.05) is 61.5 Å². The van der Waals surface area contributed by atoms with Crippen molar-refractivity contribution >= 4 is 27.8 Å². The Morgan fingerprint density at radius 1 is 1.10 bits per heavy atom. The lowest BCUT2D eigenvalue weighted by molar-refractivity contribution is -0.132. The fourth-order valence-corrected chi connectivity index (χ4v) is 4.08. The highest BCUT2D eigenvalue weighted by atomic mass is 16.4. The maximum absolute atomic E-state index is 12.6. The minimum absolute atomic E-state index is 0.0497. The third-order valence-corrected chi connectivity index (χ3v) is 5.91. The summed E-state index contributed by atoms with van der Waals surface area (Å²) in [4.78, 5) is 29.1. The van der Waals surface area contributed by atoms with Crippen LogP contribution in [0.3, 0.4) is 0 Å². The van der Waals surface area contributed by atoms with E-state index < -0.39 is 5.63 Å². The lowest BCUT2D eigenvalue weighted by Crippen LogP contribution is -2.49. The highest BCUT2D eigenvalue weighted by Gasteiger charge is 2.22. The summed E-state index contributed by atoms with van der Waals surface area (Å²) in [6.07, 6.45) is 2.34. The van der Waals surface area contributed by atoms with Crippen LogP contribution in [0.1, 0.15) is 23.1 Å². The molecule has 1 fully saturated rings. The number of nitrogens with zero attached hydrogens (tertiary/aromatic N) is 2. The summed E-state index contributed by atoms with van der Waals surface area (Å²) in [6, 6.07) is 3.75. The van der Waals surface area contributed by atoms with E-state index in [0.717, 1.165) is 35.0 Å². The average molecular weight is 398 g/mol. The van der Waals surface area contributed by atoms with Gasteiger partial charge in [0.2, 0.25) is 5.91 Å². The van der Waals surface area contributed by atoms with Crippen molar-refractivity contribution in [3.63, 3.8) is 0 Å². The Kier molecular flexibility index (Phi) is 5.43. The van der Waals surface area contributed by atoms with E-state index in [1.165, 1.54) is 0 Å². The quantitative estimate of drug-likeness (QED) is 0.663. The normalized spacial score (nSPS) is 15.5. The minimum atomic E-state index is -0.391. The van der Waals surface area contributed by atoms with Crippen molar-refractivity contribution in [2.75, 3.05) is 39.3 Å². The molecule has 0 atom stereocenters. The highest BCUT2D eigenvalue weighted by Crippen LogP contribution is 2.29. The smallest absolute Gasteiger partial charge is 0.339 e. The van der Waals surface area contributed by atoms with Crippen LogP contribution >= 0.6 is 0 Å². The molecular weight excluding hydrogens is 372 g/mol. The number of fused-ring (bicyclic) bond motifs is 2. The maximum atomic E-state index is 12.6. The summed E-state index contributed by atoms with van der Waals surface area (Å²) in [7, 11) is 0. The van der Waals surface area contributed by atoms with Crippen molar-refractivity contribution in [3.05, 3.63) is 45.5 Å². The van der Waals surface area contributed by atoms with E-state index in [4.69, 9.17) is 13.9 Å². The first kappa shape index (κ1) is 19.7. The Balaban J connectivity index is 1.52. The molecule has 154 valence electrons. The number of rotatable bonds is 5. The van der Waals surface area contributed by atoms with Crippen LogP contribution in [0.15, 0.2) is 32.0 Å². The van der Waals surface area contributed by atoms with E-state index in [-0.39, 0.29) is 18.9 Å². The Bertz CT molecular complexity index is 1110. The van der Waals surface area contributed by atoms with Gasteiger partial charge in [-0.25, -0.2) is 4.79 Å². The van der Waals surface area contributed by atoms with E-state index in [1.54, 1.807) is 12.3 Å². The second-order valence-electron chi connectivity index (χ2n) is 7.70. The zero-order valence-corrected chi connectivity index (χ0v) is 16.9. The molecule has 1 N–H and O–H groups in total. The molecule has 29 heavy (non-hydrogen) atoms. The van der Waals surface area contributed by atoms with Gasteiger partial charge >= 0.3 is 5.63 Å². The Morgan fingerprint density at radius 2 is 1.86 bits per heavy atom. The summed E-state index contributed by atoms with van der Waals surface area (Å²) in [6.45, 7) is 7.51. The van der Waals surface area contributed by atoms with Gasteiger partial charge in [-0.1, -0.05) is 0 Å². The molecule has 7 nitrogen and oxygen atoms in total. The molecule has 0 unspecified atom stereocenters. The zero-order valence-electron chi connectivity index (χ0n) is 16.9. The van der Waals surface area contributed by atoms with Crippen molar-refractivity contribution in [1.29, 1.82) is 0 Å². The Hall–Kier alpha value is -2.64. The lowest BCUT2D eigenvalue weighted by atomic mass is 10.0. The van der Waals surface area contributed by atoms with Gasteiger partial charge < -0.3 is 18.8 Å². The molecule has 0 saturated carbocycles. The predicted octanol–water partition coefficient (Wildman–Crippen LogP) is 2.23. The molecule has 1 saturated heterocycles. The molecule has 0 aliphatic carbocycles. The number of hydrogen-bond acceptors (Lipinski definition) is 6. The maximum Gasteiger partial charge on any atom is 0.339 e. The first-order chi connectivity index (χ1) is 14.0. The van der Waals surface area contributed by atoms with Crippen LogP contribution < -0.4 is 5.63 Å².